The molecule has 0 saturated heterocycles. The maximum atomic E-state index is 12.6. The summed E-state index contributed by atoms with van der Waals surface area (Å²) in [5.41, 5.74) is 0.748. The quantitative estimate of drug-likeness (QED) is 0.537. The maximum absolute atomic E-state index is 12.6. The van der Waals surface area contributed by atoms with Crippen LogP contribution in [0, 0.1) is 0 Å². The maximum Gasteiger partial charge on any atom is 0.416 e. The van der Waals surface area contributed by atoms with Crippen LogP contribution in [0.3, 0.4) is 0 Å². The molecule has 0 heterocycles. The monoisotopic (exact) mass is 346 g/mol. The molecule has 2 aromatic rings. The van der Waals surface area contributed by atoms with E-state index in [1.807, 2.05) is 0 Å². The molecule has 118 valence electrons. The van der Waals surface area contributed by atoms with Crippen molar-refractivity contribution in [3.63, 3.8) is 0 Å². The van der Waals surface area contributed by atoms with E-state index in [4.69, 9.17) is 16.3 Å². The minimum atomic E-state index is -4.33. The second kappa shape index (κ2) is 7.29. The highest BCUT2D eigenvalue weighted by molar-refractivity contribution is 7.80. The van der Waals surface area contributed by atoms with Gasteiger partial charge in [-0.1, -0.05) is 29.8 Å². The molecule has 6 heteroatoms. The highest BCUT2D eigenvalue weighted by Gasteiger charge is 2.29. The highest BCUT2D eigenvalue weighted by Crippen LogP contribution is 2.33. The van der Waals surface area contributed by atoms with E-state index in [0.717, 1.165) is 24.1 Å². The first kappa shape index (κ1) is 17.0. The standard InChI is InChI=1S/C16H14ClF3OS/c17-14-7-4-12(10-15(14)21-8-1-9-22)11-2-5-13(6-3-11)16(18,19)20/h2-7,10,22H,1,8-9H2. The normalized spacial score (nSPS) is 11.5. The summed E-state index contributed by atoms with van der Waals surface area (Å²) < 4.78 is 43.3. The lowest BCUT2D eigenvalue weighted by Crippen LogP contribution is -2.04. The van der Waals surface area contributed by atoms with Gasteiger partial charge in [0.15, 0.2) is 0 Å². The van der Waals surface area contributed by atoms with Gasteiger partial charge in [-0.3, -0.25) is 0 Å². The number of hydrogen-bond acceptors (Lipinski definition) is 2. The van der Waals surface area contributed by atoms with Crippen molar-refractivity contribution < 1.29 is 17.9 Å². The van der Waals surface area contributed by atoms with E-state index in [2.05, 4.69) is 12.6 Å². The Kier molecular flexibility index (Phi) is 5.64. The molecule has 0 aliphatic rings. The van der Waals surface area contributed by atoms with Gasteiger partial charge in [0.25, 0.3) is 0 Å². The lowest BCUT2D eigenvalue weighted by molar-refractivity contribution is -0.137. The first-order valence-corrected chi connectivity index (χ1v) is 7.63. The van der Waals surface area contributed by atoms with E-state index in [9.17, 15) is 13.2 Å². The van der Waals surface area contributed by atoms with Gasteiger partial charge in [0, 0.05) is 0 Å². The van der Waals surface area contributed by atoms with E-state index in [0.29, 0.717) is 28.7 Å². The summed E-state index contributed by atoms with van der Waals surface area (Å²) in [6.45, 7) is 0.486. The fourth-order valence-corrected chi connectivity index (χ4v) is 2.19. The summed E-state index contributed by atoms with van der Waals surface area (Å²) in [6.07, 6.45) is -3.55. The van der Waals surface area contributed by atoms with E-state index < -0.39 is 11.7 Å². The highest BCUT2D eigenvalue weighted by atomic mass is 35.5. The molecule has 0 N–H and O–H groups in total. The Morgan fingerprint density at radius 1 is 1.00 bits per heavy atom. The molecule has 0 saturated carbocycles. The van der Waals surface area contributed by atoms with Crippen LogP contribution in [0.1, 0.15) is 12.0 Å². The summed E-state index contributed by atoms with van der Waals surface area (Å²) in [4.78, 5) is 0. The fourth-order valence-electron chi connectivity index (χ4n) is 1.89. The third-order valence-corrected chi connectivity index (χ3v) is 3.67. The van der Waals surface area contributed by atoms with Crippen molar-refractivity contribution >= 4 is 24.2 Å². The summed E-state index contributed by atoms with van der Waals surface area (Å²) in [7, 11) is 0. The first-order chi connectivity index (χ1) is 10.4. The predicted molar refractivity (Wildman–Crippen MR) is 85.9 cm³/mol. The van der Waals surface area contributed by atoms with Crippen LogP contribution in [-0.2, 0) is 6.18 Å². The molecular formula is C16H14ClF3OS. The third-order valence-electron chi connectivity index (χ3n) is 3.04. The van der Waals surface area contributed by atoms with Crippen molar-refractivity contribution in [1.29, 1.82) is 0 Å². The first-order valence-electron chi connectivity index (χ1n) is 6.62. The van der Waals surface area contributed by atoms with Crippen LogP contribution in [0.25, 0.3) is 11.1 Å². The topological polar surface area (TPSA) is 9.23 Å². The Bertz CT molecular complexity index is 626. The molecule has 0 aliphatic carbocycles. The number of benzene rings is 2. The van der Waals surface area contributed by atoms with Gasteiger partial charge in [-0.2, -0.15) is 25.8 Å². The number of ether oxygens (including phenoxy) is 1. The molecule has 0 amide bonds. The van der Waals surface area contributed by atoms with Crippen LogP contribution in [-0.4, -0.2) is 12.4 Å². The average molecular weight is 347 g/mol. The van der Waals surface area contributed by atoms with Gasteiger partial charge in [-0.25, -0.2) is 0 Å². The third kappa shape index (κ3) is 4.34. The molecule has 22 heavy (non-hydrogen) atoms. The van der Waals surface area contributed by atoms with Crippen LogP contribution < -0.4 is 4.74 Å². The molecule has 0 aliphatic heterocycles. The number of halogens is 4. The Balaban J connectivity index is 2.23. The smallest absolute Gasteiger partial charge is 0.416 e. The zero-order valence-electron chi connectivity index (χ0n) is 11.5. The Hall–Kier alpha value is -1.33. The average Bonchev–Trinajstić information content (AvgIpc) is 2.49. The lowest BCUT2D eigenvalue weighted by Gasteiger charge is -2.11. The lowest BCUT2D eigenvalue weighted by atomic mass is 10.0. The van der Waals surface area contributed by atoms with Crippen molar-refractivity contribution in [3.8, 4) is 16.9 Å². The molecule has 2 rings (SSSR count). The SMILES string of the molecule is FC(F)(F)c1ccc(-c2ccc(Cl)c(OCCCS)c2)cc1. The zero-order chi connectivity index (χ0) is 16.2. The van der Waals surface area contributed by atoms with Crippen LogP contribution in [0.4, 0.5) is 13.2 Å². The van der Waals surface area contributed by atoms with Gasteiger partial charge in [0.2, 0.25) is 0 Å². The second-order valence-electron chi connectivity index (χ2n) is 4.65. The number of thiol groups is 1. The van der Waals surface area contributed by atoms with Crippen LogP contribution in [0.15, 0.2) is 42.5 Å². The molecule has 0 spiro atoms. The largest absolute Gasteiger partial charge is 0.492 e. The summed E-state index contributed by atoms with van der Waals surface area (Å²) in [6, 6.07) is 10.1. The van der Waals surface area contributed by atoms with Crippen LogP contribution >= 0.6 is 24.2 Å². The van der Waals surface area contributed by atoms with Gasteiger partial charge in [-0.15, -0.1) is 0 Å². The Labute approximate surface area is 137 Å². The second-order valence-corrected chi connectivity index (χ2v) is 5.50. The van der Waals surface area contributed by atoms with Gasteiger partial charge in [0.1, 0.15) is 5.75 Å². The van der Waals surface area contributed by atoms with Gasteiger partial charge in [0.05, 0.1) is 17.2 Å². The molecule has 2 aromatic carbocycles. The van der Waals surface area contributed by atoms with Gasteiger partial charge >= 0.3 is 6.18 Å². The number of hydrogen-bond donors (Lipinski definition) is 1. The molecule has 0 fully saturated rings. The summed E-state index contributed by atoms with van der Waals surface area (Å²) in [5.74, 6) is 1.22. The summed E-state index contributed by atoms with van der Waals surface area (Å²) in [5, 5.41) is 0.467. The fraction of sp³-hybridized carbons (Fsp3) is 0.250. The van der Waals surface area contributed by atoms with Crippen molar-refractivity contribution in [2.45, 2.75) is 12.6 Å². The number of rotatable bonds is 5. The van der Waals surface area contributed by atoms with Crippen LogP contribution in [0.5, 0.6) is 5.75 Å². The minimum absolute atomic E-state index is 0.467. The predicted octanol–water partition coefficient (Wildman–Crippen LogP) is 5.72. The molecule has 1 nitrogen and oxygen atoms in total. The Morgan fingerprint density at radius 2 is 1.64 bits per heavy atom. The van der Waals surface area contributed by atoms with E-state index >= 15 is 0 Å². The molecule has 0 atom stereocenters. The van der Waals surface area contributed by atoms with Crippen LogP contribution in [0.2, 0.25) is 5.02 Å². The van der Waals surface area contributed by atoms with E-state index in [-0.39, 0.29) is 0 Å². The molecule has 0 radical (unpaired) electrons. The molecule has 0 unspecified atom stereocenters. The minimum Gasteiger partial charge on any atom is -0.492 e. The van der Waals surface area contributed by atoms with Gasteiger partial charge < -0.3 is 4.74 Å². The molecule has 0 aromatic heterocycles. The molecular weight excluding hydrogens is 333 g/mol. The zero-order valence-corrected chi connectivity index (χ0v) is 13.2. The van der Waals surface area contributed by atoms with Crippen molar-refractivity contribution in [3.05, 3.63) is 53.1 Å². The van der Waals surface area contributed by atoms with E-state index in [1.165, 1.54) is 12.1 Å². The Morgan fingerprint density at radius 3 is 2.23 bits per heavy atom. The number of alkyl halides is 3. The molecule has 0 bridgehead atoms. The van der Waals surface area contributed by atoms with Crippen molar-refractivity contribution in [1.82, 2.24) is 0 Å². The van der Waals surface area contributed by atoms with Crippen molar-refractivity contribution in [2.75, 3.05) is 12.4 Å². The van der Waals surface area contributed by atoms with E-state index in [1.54, 1.807) is 18.2 Å². The van der Waals surface area contributed by atoms with Crippen molar-refractivity contribution in [2.24, 2.45) is 0 Å². The van der Waals surface area contributed by atoms with Gasteiger partial charge in [-0.05, 0) is 47.6 Å². The summed E-state index contributed by atoms with van der Waals surface area (Å²) >= 11 is 10.2.